The van der Waals surface area contributed by atoms with Crippen molar-refractivity contribution in [3.8, 4) is 28.4 Å². The molecule has 0 saturated heterocycles. The molecule has 0 spiro atoms. The molecule has 1 heterocycles. The van der Waals surface area contributed by atoms with Crippen LogP contribution in [0.15, 0.2) is 66.9 Å². The number of hydrogen-bond donors (Lipinski definition) is 1. The van der Waals surface area contributed by atoms with Gasteiger partial charge in [0.25, 0.3) is 0 Å². The summed E-state index contributed by atoms with van der Waals surface area (Å²) >= 11 is 0. The fourth-order valence-corrected chi connectivity index (χ4v) is 2.26. The molecule has 0 aliphatic rings. The third-order valence-electron chi connectivity index (χ3n) is 3.26. The highest BCUT2D eigenvalue weighted by Crippen LogP contribution is 2.34. The van der Waals surface area contributed by atoms with Crippen LogP contribution in [0.1, 0.15) is 0 Å². The van der Waals surface area contributed by atoms with Gasteiger partial charge in [0, 0.05) is 17.4 Å². The van der Waals surface area contributed by atoms with Crippen molar-refractivity contribution in [1.29, 1.82) is 0 Å². The van der Waals surface area contributed by atoms with Gasteiger partial charge in [-0.25, -0.2) is 0 Å². The van der Waals surface area contributed by atoms with E-state index in [0.717, 1.165) is 22.7 Å². The molecule has 0 saturated carbocycles. The number of rotatable bonds is 3. The number of phenols is 1. The van der Waals surface area contributed by atoms with Crippen molar-refractivity contribution >= 4 is 0 Å². The zero-order valence-corrected chi connectivity index (χ0v) is 11.2. The lowest BCUT2D eigenvalue weighted by Crippen LogP contribution is -1.95. The van der Waals surface area contributed by atoms with Gasteiger partial charge in [-0.1, -0.05) is 18.2 Å². The Morgan fingerprint density at radius 2 is 1.75 bits per heavy atom. The lowest BCUT2D eigenvalue weighted by molar-refractivity contribution is 0.412. The van der Waals surface area contributed by atoms with E-state index in [1.807, 2.05) is 59.3 Å². The second-order valence-corrected chi connectivity index (χ2v) is 4.48. The van der Waals surface area contributed by atoms with Crippen molar-refractivity contribution in [1.82, 2.24) is 4.57 Å². The molecule has 3 heteroatoms. The van der Waals surface area contributed by atoms with Gasteiger partial charge in [-0.3, -0.25) is 0 Å². The van der Waals surface area contributed by atoms with E-state index in [-0.39, 0.29) is 5.75 Å². The van der Waals surface area contributed by atoms with E-state index in [4.69, 9.17) is 4.74 Å². The highest BCUT2D eigenvalue weighted by molar-refractivity contribution is 5.71. The third-order valence-corrected chi connectivity index (χ3v) is 3.26. The maximum Gasteiger partial charge on any atom is 0.125 e. The van der Waals surface area contributed by atoms with Crippen LogP contribution in [0.25, 0.3) is 16.9 Å². The van der Waals surface area contributed by atoms with Gasteiger partial charge in [0.2, 0.25) is 0 Å². The molecule has 2 aromatic carbocycles. The molecule has 100 valence electrons. The Morgan fingerprint density at radius 1 is 0.950 bits per heavy atom. The Balaban J connectivity index is 2.15. The first-order valence-corrected chi connectivity index (χ1v) is 6.40. The van der Waals surface area contributed by atoms with Gasteiger partial charge in [-0.15, -0.1) is 0 Å². The smallest absolute Gasteiger partial charge is 0.125 e. The van der Waals surface area contributed by atoms with E-state index in [9.17, 15) is 5.11 Å². The molecule has 1 aromatic heterocycles. The normalized spacial score (nSPS) is 10.4. The Labute approximate surface area is 117 Å². The predicted molar refractivity (Wildman–Crippen MR) is 79.4 cm³/mol. The SMILES string of the molecule is COc1ccc(O)c(-c2cccn2-c2ccccc2)c1. The van der Waals surface area contributed by atoms with E-state index in [0.29, 0.717) is 0 Å². The molecule has 3 aromatic rings. The lowest BCUT2D eigenvalue weighted by Gasteiger charge is -2.12. The summed E-state index contributed by atoms with van der Waals surface area (Å²) in [7, 11) is 1.62. The first-order valence-electron chi connectivity index (χ1n) is 6.40. The summed E-state index contributed by atoms with van der Waals surface area (Å²) in [5.74, 6) is 0.959. The van der Waals surface area contributed by atoms with E-state index < -0.39 is 0 Å². The topological polar surface area (TPSA) is 34.4 Å². The Morgan fingerprint density at radius 3 is 2.50 bits per heavy atom. The van der Waals surface area contributed by atoms with Crippen LogP contribution in [0, 0.1) is 0 Å². The van der Waals surface area contributed by atoms with Crippen LogP contribution in [0.3, 0.4) is 0 Å². The minimum absolute atomic E-state index is 0.238. The minimum Gasteiger partial charge on any atom is -0.507 e. The number of hydrogen-bond acceptors (Lipinski definition) is 2. The van der Waals surface area contributed by atoms with E-state index in [1.54, 1.807) is 19.2 Å². The molecule has 20 heavy (non-hydrogen) atoms. The minimum atomic E-state index is 0.238. The summed E-state index contributed by atoms with van der Waals surface area (Å²) in [5, 5.41) is 10.1. The Hall–Kier alpha value is -2.68. The first kappa shape index (κ1) is 12.4. The average molecular weight is 265 g/mol. The molecular formula is C17H15NO2. The van der Waals surface area contributed by atoms with Crippen LogP contribution in [-0.2, 0) is 0 Å². The van der Waals surface area contributed by atoms with Gasteiger partial charge in [-0.05, 0) is 42.5 Å². The molecule has 0 radical (unpaired) electrons. The van der Waals surface area contributed by atoms with Crippen LogP contribution in [0.4, 0.5) is 0 Å². The zero-order chi connectivity index (χ0) is 13.9. The molecule has 0 unspecified atom stereocenters. The Kier molecular flexibility index (Phi) is 3.17. The van der Waals surface area contributed by atoms with Gasteiger partial charge >= 0.3 is 0 Å². The maximum absolute atomic E-state index is 10.1. The molecule has 3 rings (SSSR count). The monoisotopic (exact) mass is 265 g/mol. The number of benzene rings is 2. The number of aromatic hydroxyl groups is 1. The Bertz CT molecular complexity index is 717. The van der Waals surface area contributed by atoms with E-state index in [2.05, 4.69) is 0 Å². The lowest BCUT2D eigenvalue weighted by atomic mass is 10.1. The molecule has 1 N–H and O–H groups in total. The quantitative estimate of drug-likeness (QED) is 0.780. The second kappa shape index (κ2) is 5.13. The van der Waals surface area contributed by atoms with Crippen LogP contribution in [0.5, 0.6) is 11.5 Å². The largest absolute Gasteiger partial charge is 0.507 e. The molecule has 0 atom stereocenters. The number of methoxy groups -OCH3 is 1. The number of ether oxygens (including phenoxy) is 1. The van der Waals surface area contributed by atoms with Crippen molar-refractivity contribution in [3.05, 3.63) is 66.9 Å². The first-order chi connectivity index (χ1) is 9.79. The molecule has 0 fully saturated rings. The average Bonchev–Trinajstić information content (AvgIpc) is 2.98. The van der Waals surface area contributed by atoms with Crippen LogP contribution >= 0.6 is 0 Å². The zero-order valence-electron chi connectivity index (χ0n) is 11.2. The van der Waals surface area contributed by atoms with Crippen LogP contribution in [-0.4, -0.2) is 16.8 Å². The highest BCUT2D eigenvalue weighted by Gasteiger charge is 2.11. The van der Waals surface area contributed by atoms with E-state index in [1.165, 1.54) is 0 Å². The summed E-state index contributed by atoms with van der Waals surface area (Å²) in [4.78, 5) is 0. The summed E-state index contributed by atoms with van der Waals surface area (Å²) in [6.45, 7) is 0. The summed E-state index contributed by atoms with van der Waals surface area (Å²) in [6, 6.07) is 19.2. The van der Waals surface area contributed by atoms with E-state index >= 15 is 0 Å². The molecular weight excluding hydrogens is 250 g/mol. The number of phenolic OH excluding ortho intramolecular Hbond substituents is 1. The van der Waals surface area contributed by atoms with Gasteiger partial charge in [0.1, 0.15) is 11.5 Å². The van der Waals surface area contributed by atoms with Crippen molar-refractivity contribution in [2.45, 2.75) is 0 Å². The second-order valence-electron chi connectivity index (χ2n) is 4.48. The van der Waals surface area contributed by atoms with Gasteiger partial charge in [0.15, 0.2) is 0 Å². The van der Waals surface area contributed by atoms with Crippen molar-refractivity contribution < 1.29 is 9.84 Å². The maximum atomic E-state index is 10.1. The van der Waals surface area contributed by atoms with Gasteiger partial charge in [0.05, 0.1) is 12.8 Å². The highest BCUT2D eigenvalue weighted by atomic mass is 16.5. The standard InChI is InChI=1S/C17H15NO2/c1-20-14-9-10-17(19)15(12-14)16-8-5-11-18(16)13-6-3-2-4-7-13/h2-12,19H,1H3. The summed E-state index contributed by atoms with van der Waals surface area (Å²) < 4.78 is 7.27. The molecule has 0 amide bonds. The van der Waals surface area contributed by atoms with Crippen molar-refractivity contribution in [3.63, 3.8) is 0 Å². The number of nitrogens with zero attached hydrogens (tertiary/aromatic N) is 1. The number of aromatic nitrogens is 1. The fraction of sp³-hybridized carbons (Fsp3) is 0.0588. The van der Waals surface area contributed by atoms with Gasteiger partial charge < -0.3 is 14.4 Å². The molecule has 0 bridgehead atoms. The molecule has 0 aliphatic carbocycles. The van der Waals surface area contributed by atoms with Crippen LogP contribution < -0.4 is 4.74 Å². The number of para-hydroxylation sites is 1. The fourth-order valence-electron chi connectivity index (χ4n) is 2.26. The van der Waals surface area contributed by atoms with Crippen molar-refractivity contribution in [2.75, 3.05) is 7.11 Å². The molecule has 0 aliphatic heterocycles. The molecule has 3 nitrogen and oxygen atoms in total. The summed E-state index contributed by atoms with van der Waals surface area (Å²) in [6.07, 6.45) is 1.98. The summed E-state index contributed by atoms with van der Waals surface area (Å²) in [5.41, 5.74) is 2.72. The van der Waals surface area contributed by atoms with Gasteiger partial charge in [-0.2, -0.15) is 0 Å². The third kappa shape index (κ3) is 2.14. The van der Waals surface area contributed by atoms with Crippen molar-refractivity contribution in [2.24, 2.45) is 0 Å². The predicted octanol–water partition coefficient (Wildman–Crippen LogP) is 3.86. The van der Waals surface area contributed by atoms with Crippen LogP contribution in [0.2, 0.25) is 0 Å².